The molecule has 1 unspecified atom stereocenters. The number of aromatic amines is 1. The van der Waals surface area contributed by atoms with Gasteiger partial charge >= 0.3 is 0 Å². The molecule has 1 aliphatic rings. The van der Waals surface area contributed by atoms with Crippen molar-refractivity contribution in [2.45, 2.75) is 25.8 Å². The van der Waals surface area contributed by atoms with Gasteiger partial charge in [0.25, 0.3) is 5.56 Å². The van der Waals surface area contributed by atoms with Gasteiger partial charge < -0.3 is 20.0 Å². The molecule has 41 heavy (non-hydrogen) atoms. The highest BCUT2D eigenvalue weighted by Crippen LogP contribution is 2.30. The second-order valence-electron chi connectivity index (χ2n) is 10.3. The van der Waals surface area contributed by atoms with Gasteiger partial charge in [0.2, 0.25) is 11.8 Å². The normalized spacial score (nSPS) is 15.4. The molecule has 5 heterocycles. The molecule has 2 atom stereocenters. The van der Waals surface area contributed by atoms with Crippen LogP contribution in [-0.2, 0) is 0 Å². The fourth-order valence-electron chi connectivity index (χ4n) is 5.18. The summed E-state index contributed by atoms with van der Waals surface area (Å²) < 4.78 is 16.9. The van der Waals surface area contributed by atoms with Crippen LogP contribution < -0.4 is 15.4 Å². The number of aliphatic hydroxyl groups excluding tert-OH is 1. The van der Waals surface area contributed by atoms with Crippen LogP contribution in [0.5, 0.6) is 5.88 Å². The second-order valence-corrected chi connectivity index (χ2v) is 10.3. The van der Waals surface area contributed by atoms with Crippen molar-refractivity contribution in [2.75, 3.05) is 42.6 Å². The summed E-state index contributed by atoms with van der Waals surface area (Å²) in [6.07, 6.45) is 7.11. The molecule has 212 valence electrons. The first-order valence-corrected chi connectivity index (χ1v) is 13.4. The van der Waals surface area contributed by atoms with E-state index >= 15 is 0 Å². The first-order chi connectivity index (χ1) is 19.8. The monoisotopic (exact) mass is 559 g/mol. The Morgan fingerprint density at radius 1 is 1.02 bits per heavy atom. The molecule has 5 aromatic rings. The number of nitrogens with one attached hydrogen (secondary N) is 1. The molecule has 0 amide bonds. The van der Waals surface area contributed by atoms with Crippen LogP contribution in [0.25, 0.3) is 16.6 Å². The number of halogens is 1. The number of aromatic hydroxyl groups is 1. The molecule has 1 fully saturated rings. The number of benzene rings is 1. The third kappa shape index (κ3) is 4.99. The topological polar surface area (TPSA) is 141 Å². The third-order valence-electron chi connectivity index (χ3n) is 7.64. The van der Waals surface area contributed by atoms with E-state index in [9.17, 15) is 19.4 Å². The minimum Gasteiger partial charge on any atom is -0.493 e. The van der Waals surface area contributed by atoms with Gasteiger partial charge in [-0.2, -0.15) is 15.2 Å². The Hall–Kier alpha value is -4.78. The molecule has 0 radical (unpaired) electrons. The molecule has 1 aliphatic heterocycles. The molecule has 0 aliphatic carbocycles. The van der Waals surface area contributed by atoms with E-state index < -0.39 is 11.5 Å². The first kappa shape index (κ1) is 26.4. The SMILES string of the molecule is CC(c1ccc(F)cc1)c1c(O)nc(N2CCN(c3ncnn4cc(-c5cnn([C@H](C)CO)c5)cc34)CC2)[nH]c1=O. The summed E-state index contributed by atoms with van der Waals surface area (Å²) in [5.74, 6) is -0.0770. The van der Waals surface area contributed by atoms with E-state index in [1.165, 1.54) is 18.5 Å². The standard InChI is InChI=1S/C28H30FN9O3/c1-17(15-39)37-14-21(12-31-37)20-11-23-25(30-16-32-38(23)13-20)35-7-9-36(10-8-35)28-33-26(40)24(27(41)34-28)18(2)19-3-5-22(29)6-4-19/h3-6,11-14,16-18,39H,7-10,15H2,1-2H3,(H2,33,34,40,41)/t17-,18?/m1/s1. The average molecular weight is 560 g/mol. The lowest BCUT2D eigenvalue weighted by Crippen LogP contribution is -2.48. The van der Waals surface area contributed by atoms with E-state index in [-0.39, 0.29) is 29.9 Å². The first-order valence-electron chi connectivity index (χ1n) is 13.4. The highest BCUT2D eigenvalue weighted by atomic mass is 19.1. The predicted octanol–water partition coefficient (Wildman–Crippen LogP) is 2.55. The summed E-state index contributed by atoms with van der Waals surface area (Å²) in [6.45, 7) is 5.98. The highest BCUT2D eigenvalue weighted by Gasteiger charge is 2.25. The van der Waals surface area contributed by atoms with Crippen molar-refractivity contribution >= 4 is 17.3 Å². The summed E-state index contributed by atoms with van der Waals surface area (Å²) in [7, 11) is 0. The van der Waals surface area contributed by atoms with Crippen LogP contribution in [-0.4, -0.2) is 77.3 Å². The van der Waals surface area contributed by atoms with Crippen LogP contribution in [0, 0.1) is 5.82 Å². The van der Waals surface area contributed by atoms with Gasteiger partial charge in [-0.15, -0.1) is 0 Å². The lowest BCUT2D eigenvalue weighted by molar-refractivity contribution is 0.230. The smallest absolute Gasteiger partial charge is 0.259 e. The lowest BCUT2D eigenvalue weighted by atomic mass is 9.94. The Morgan fingerprint density at radius 3 is 2.46 bits per heavy atom. The van der Waals surface area contributed by atoms with Crippen molar-refractivity contribution in [1.29, 1.82) is 0 Å². The number of aromatic nitrogens is 7. The van der Waals surface area contributed by atoms with Crippen LogP contribution in [0.4, 0.5) is 16.2 Å². The summed E-state index contributed by atoms with van der Waals surface area (Å²) in [5, 5.41) is 28.9. The molecule has 4 aromatic heterocycles. The third-order valence-corrected chi connectivity index (χ3v) is 7.64. The molecule has 0 spiro atoms. The second kappa shape index (κ2) is 10.7. The number of nitrogens with zero attached hydrogens (tertiary/aromatic N) is 8. The van der Waals surface area contributed by atoms with Gasteiger partial charge in [0.1, 0.15) is 17.7 Å². The van der Waals surface area contributed by atoms with E-state index in [0.717, 1.165) is 22.5 Å². The number of fused-ring (bicyclic) bond motifs is 1. The van der Waals surface area contributed by atoms with E-state index in [1.54, 1.807) is 34.5 Å². The van der Waals surface area contributed by atoms with Crippen molar-refractivity contribution in [3.05, 3.63) is 82.5 Å². The molecule has 0 saturated carbocycles. The molecular formula is C28H30FN9O3. The fourth-order valence-corrected chi connectivity index (χ4v) is 5.18. The summed E-state index contributed by atoms with van der Waals surface area (Å²) in [6, 6.07) is 7.74. The van der Waals surface area contributed by atoms with Gasteiger partial charge in [-0.25, -0.2) is 13.9 Å². The summed E-state index contributed by atoms with van der Waals surface area (Å²) in [5.41, 5.74) is 3.12. The minimum absolute atomic E-state index is 0.00273. The molecule has 3 N–H and O–H groups in total. The van der Waals surface area contributed by atoms with Gasteiger partial charge in [-0.05, 0) is 30.7 Å². The van der Waals surface area contributed by atoms with Crippen LogP contribution >= 0.6 is 0 Å². The van der Waals surface area contributed by atoms with E-state index in [1.807, 2.05) is 30.3 Å². The predicted molar refractivity (Wildman–Crippen MR) is 151 cm³/mol. The zero-order valence-corrected chi connectivity index (χ0v) is 22.6. The van der Waals surface area contributed by atoms with Crippen LogP contribution in [0.2, 0.25) is 0 Å². The number of rotatable bonds is 7. The fraction of sp³-hybridized carbons (Fsp3) is 0.321. The van der Waals surface area contributed by atoms with E-state index in [0.29, 0.717) is 37.7 Å². The van der Waals surface area contributed by atoms with Crippen LogP contribution in [0.3, 0.4) is 0 Å². The van der Waals surface area contributed by atoms with Crippen molar-refractivity contribution in [3.8, 4) is 17.0 Å². The van der Waals surface area contributed by atoms with Gasteiger partial charge in [-0.3, -0.25) is 14.5 Å². The number of hydrogen-bond acceptors (Lipinski definition) is 9. The Bertz CT molecular complexity index is 1740. The largest absolute Gasteiger partial charge is 0.493 e. The van der Waals surface area contributed by atoms with Crippen molar-refractivity contribution in [2.24, 2.45) is 0 Å². The average Bonchev–Trinajstić information content (AvgIpc) is 3.64. The zero-order chi connectivity index (χ0) is 28.7. The lowest BCUT2D eigenvalue weighted by Gasteiger charge is -2.35. The van der Waals surface area contributed by atoms with E-state index in [4.69, 9.17) is 0 Å². The van der Waals surface area contributed by atoms with Crippen molar-refractivity contribution in [3.63, 3.8) is 0 Å². The number of hydrogen-bond donors (Lipinski definition) is 3. The zero-order valence-electron chi connectivity index (χ0n) is 22.6. The number of anilines is 2. The van der Waals surface area contributed by atoms with E-state index in [2.05, 4.69) is 30.0 Å². The van der Waals surface area contributed by atoms with Crippen LogP contribution in [0.1, 0.15) is 36.9 Å². The maximum atomic E-state index is 13.3. The van der Waals surface area contributed by atoms with Crippen molar-refractivity contribution < 1.29 is 14.6 Å². The van der Waals surface area contributed by atoms with Gasteiger partial charge in [-0.1, -0.05) is 19.1 Å². The Morgan fingerprint density at radius 2 is 1.76 bits per heavy atom. The number of aliphatic hydroxyl groups is 1. The van der Waals surface area contributed by atoms with Crippen molar-refractivity contribution in [1.82, 2.24) is 34.3 Å². The van der Waals surface area contributed by atoms with Crippen LogP contribution in [0.15, 0.2) is 60.0 Å². The molecule has 12 nitrogen and oxygen atoms in total. The molecular weight excluding hydrogens is 529 g/mol. The molecule has 1 saturated heterocycles. The van der Waals surface area contributed by atoms with Gasteiger partial charge in [0.05, 0.1) is 24.4 Å². The minimum atomic E-state index is -0.461. The Balaban J connectivity index is 1.19. The maximum Gasteiger partial charge on any atom is 0.259 e. The number of piperazine rings is 1. The summed E-state index contributed by atoms with van der Waals surface area (Å²) in [4.78, 5) is 28.7. The molecule has 6 rings (SSSR count). The van der Waals surface area contributed by atoms with Gasteiger partial charge in [0.15, 0.2) is 5.82 Å². The highest BCUT2D eigenvalue weighted by molar-refractivity contribution is 5.77. The molecule has 0 bridgehead atoms. The Kier molecular flexibility index (Phi) is 6.87. The maximum absolute atomic E-state index is 13.3. The molecule has 1 aromatic carbocycles. The summed E-state index contributed by atoms with van der Waals surface area (Å²) >= 11 is 0. The number of H-pyrrole nitrogens is 1. The quantitative estimate of drug-likeness (QED) is 0.274. The van der Waals surface area contributed by atoms with Gasteiger partial charge in [0, 0.05) is 55.6 Å². The Labute approximate surface area is 234 Å². The molecule has 13 heteroatoms.